The molecule has 38 nitrogen and oxygen atoms in total. The highest BCUT2D eigenvalue weighted by Gasteiger charge is 2.37. The lowest BCUT2D eigenvalue weighted by Gasteiger charge is -2.33. The first-order valence-corrected chi connectivity index (χ1v) is 37.8. The van der Waals surface area contributed by atoms with Crippen molar-refractivity contribution in [3.05, 3.63) is 54.2 Å². The number of rotatable bonds is 43. The second-order valence-corrected chi connectivity index (χ2v) is 29.2. The third-order valence-corrected chi connectivity index (χ3v) is 19.3. The molecule has 12 amide bonds. The van der Waals surface area contributed by atoms with Crippen molar-refractivity contribution in [2.75, 3.05) is 110 Å². The summed E-state index contributed by atoms with van der Waals surface area (Å²) in [5.41, 5.74) is 12.7. The van der Waals surface area contributed by atoms with Gasteiger partial charge in [0.2, 0.25) is 70.9 Å². The zero-order valence-corrected chi connectivity index (χ0v) is 63.4. The van der Waals surface area contributed by atoms with Crippen LogP contribution in [0.5, 0.6) is 0 Å². The van der Waals surface area contributed by atoms with E-state index in [1.807, 2.05) is 20.1 Å². The van der Waals surface area contributed by atoms with Crippen molar-refractivity contribution in [2.45, 2.75) is 147 Å². The van der Waals surface area contributed by atoms with Crippen molar-refractivity contribution in [1.29, 1.82) is 0 Å². The van der Waals surface area contributed by atoms with Crippen LogP contribution < -0.4 is 64.6 Å². The zero-order chi connectivity index (χ0) is 80.4. The lowest BCUT2D eigenvalue weighted by Crippen LogP contribution is -2.60. The molecule has 2 fully saturated rings. The maximum absolute atomic E-state index is 14.5. The van der Waals surface area contributed by atoms with Gasteiger partial charge in [0.05, 0.1) is 45.7 Å². The summed E-state index contributed by atoms with van der Waals surface area (Å²) in [6.45, 7) is 7.49. The third-order valence-electron chi connectivity index (χ3n) is 18.7. The molecule has 1 aliphatic heterocycles. The number of thioether (sulfide) groups is 1. The van der Waals surface area contributed by atoms with Gasteiger partial charge in [0.25, 0.3) is 0 Å². The number of aromatic nitrogens is 3. The average molecular weight is 1550 g/mol. The number of nitrogens with one attached hydrogen (secondary N) is 12. The number of carbonyl (C=O) groups excluding carboxylic acids is 12. The number of benzene rings is 1. The highest BCUT2D eigenvalue weighted by molar-refractivity contribution is 7.98. The van der Waals surface area contributed by atoms with Crippen LogP contribution in [0.2, 0.25) is 0 Å². The number of aliphatic hydroxyl groups is 1. The number of imidazole rings is 1. The van der Waals surface area contributed by atoms with Gasteiger partial charge in [-0.25, -0.2) is 4.98 Å². The Bertz CT molecular complexity index is 3540. The normalized spacial score (nSPS) is 17.9. The smallest absolute Gasteiger partial charge is 0.317 e. The molecular formula is C70H109N19O19S. The number of nitrogens with zero attached hydrogens (tertiary/aromatic N) is 5. The Morgan fingerprint density at radius 2 is 1.08 bits per heavy atom. The van der Waals surface area contributed by atoms with Crippen LogP contribution in [-0.4, -0.2) is 302 Å². The molecule has 0 radical (unpaired) electrons. The SMILES string of the molecule is CSCC[C@H](NC(=O)[C@H](CC(C)C)NC(=O)[C@H](Cc1cnc[nH]1)NC(=O)CNC(=O)[C@@H](NC(=O)[C@H](C)NC(=O)[C@H](Cc1c[nH]c2ccccc12)NC(=O)[C@H](CCC(N)=O)NC(=O)[C@H](CO)NC(=O)C1CCC(CNC(=O)CN2CCN(CC(=O)O)CCN(CC(=O)O)CCN(CC(=O)O)CC2)CC1)C(C)C)C(N)=O. The van der Waals surface area contributed by atoms with E-state index < -0.39 is 169 Å². The number of carboxylic acid groups (broad SMARTS) is 3. The number of primary amides is 2. The van der Waals surface area contributed by atoms with Crippen molar-refractivity contribution in [2.24, 2.45) is 35.1 Å². The summed E-state index contributed by atoms with van der Waals surface area (Å²) in [5, 5.41) is 66.0. The summed E-state index contributed by atoms with van der Waals surface area (Å²) < 4.78 is 0. The molecule has 3 aromatic rings. The number of carboxylic acids is 3. The van der Waals surface area contributed by atoms with E-state index in [1.54, 1.807) is 63.9 Å². The van der Waals surface area contributed by atoms with Gasteiger partial charge in [-0.1, -0.05) is 45.9 Å². The average Bonchev–Trinajstić information content (AvgIpc) is 1.70. The number of amides is 12. The summed E-state index contributed by atoms with van der Waals surface area (Å²) in [6.07, 6.45) is 7.02. The van der Waals surface area contributed by atoms with Crippen LogP contribution in [0.1, 0.15) is 97.2 Å². The summed E-state index contributed by atoms with van der Waals surface area (Å²) in [7, 11) is 0. The first-order chi connectivity index (χ1) is 51.7. The fourth-order valence-electron chi connectivity index (χ4n) is 12.6. The van der Waals surface area contributed by atoms with E-state index in [4.69, 9.17) is 11.5 Å². The van der Waals surface area contributed by atoms with E-state index in [2.05, 4.69) is 68.1 Å². The fraction of sp³-hybridized carbons (Fsp3) is 0.629. The molecule has 1 aromatic carbocycles. The number of aliphatic carboxylic acids is 3. The van der Waals surface area contributed by atoms with E-state index in [9.17, 15) is 92.3 Å². The maximum Gasteiger partial charge on any atom is 0.317 e. The Balaban J connectivity index is 1.19. The van der Waals surface area contributed by atoms with Gasteiger partial charge in [0.15, 0.2) is 0 Å². The van der Waals surface area contributed by atoms with Gasteiger partial charge in [0, 0.05) is 113 Å². The van der Waals surface area contributed by atoms with Crippen molar-refractivity contribution >= 4 is 111 Å². The number of aromatic amines is 2. The molecule has 8 atom stereocenters. The third kappa shape index (κ3) is 32.1. The van der Waals surface area contributed by atoms with E-state index in [0.717, 1.165) is 0 Å². The lowest BCUT2D eigenvalue weighted by molar-refractivity contribution is -0.140. The number of para-hydroxylation sites is 1. The molecule has 20 N–H and O–H groups in total. The van der Waals surface area contributed by atoms with Crippen molar-refractivity contribution < 1.29 is 92.3 Å². The standard InChI is InChI=1S/C70H109N19O19S/c1-40(2)27-51(67(105)80-49(62(72)100)17-26-109-6)82-68(106)53(29-46-32-73-39-77-46)79-56(92)33-76-70(108)61(41(3)4)85-63(101)42(5)78-66(104)52(28-45-31-74-48-10-8-7-9-47(45)48)83-65(103)50(15-16-55(71)91)81-69(107)54(38-90)84-64(102)44-13-11-43(12-14-44)30-75-57(93)34-86-18-20-87(35-58(94)95)22-24-89(37-60(98)99)25-23-88(21-19-86)36-59(96)97/h7-10,31-32,39-44,49-54,61,74,90H,11-30,33-38H2,1-6H3,(H2,71,91)(H2,72,100)(H,73,77)(H,75,93)(H,76,108)(H,78,104)(H,79,92)(H,80,105)(H,81,107)(H,82,106)(H,83,103)(H,84,102)(H,85,101)(H,94,95)(H,96,97)(H,98,99)/t42-,43?,44?,49-,50-,51-,52-,53-,54-,61-/m0/s1. The van der Waals surface area contributed by atoms with E-state index in [1.165, 1.54) is 31.2 Å². The Morgan fingerprint density at radius 3 is 1.61 bits per heavy atom. The van der Waals surface area contributed by atoms with Crippen LogP contribution in [-0.2, 0) is 84.8 Å². The molecule has 0 unspecified atom stereocenters. The fourth-order valence-corrected chi connectivity index (χ4v) is 13.0. The maximum atomic E-state index is 14.5. The number of carbonyl (C=O) groups is 15. The van der Waals surface area contributed by atoms with Crippen LogP contribution in [0.15, 0.2) is 43.0 Å². The number of aliphatic hydroxyl groups excluding tert-OH is 1. The van der Waals surface area contributed by atoms with Gasteiger partial charge in [-0.05, 0) is 93.3 Å². The molecule has 39 heteroatoms. The number of H-pyrrole nitrogens is 2. The number of nitrogens with two attached hydrogens (primary N) is 2. The number of hydrogen-bond donors (Lipinski definition) is 18. The van der Waals surface area contributed by atoms with Crippen LogP contribution in [0.25, 0.3) is 10.9 Å². The Kier molecular flexibility index (Phi) is 37.8. The molecule has 1 aliphatic carbocycles. The Labute approximate surface area is 635 Å². The summed E-state index contributed by atoms with van der Waals surface area (Å²) in [6, 6.07) is -3.88. The van der Waals surface area contributed by atoms with E-state index in [-0.39, 0.29) is 129 Å². The van der Waals surface area contributed by atoms with Crippen molar-refractivity contribution in [3.63, 3.8) is 0 Å². The Morgan fingerprint density at radius 1 is 0.560 bits per heavy atom. The molecule has 5 rings (SSSR count). The minimum atomic E-state index is -1.61. The zero-order valence-electron chi connectivity index (χ0n) is 62.6. The molecule has 1 saturated carbocycles. The lowest BCUT2D eigenvalue weighted by atomic mass is 9.81. The highest BCUT2D eigenvalue weighted by atomic mass is 32.2. The van der Waals surface area contributed by atoms with Gasteiger partial charge >= 0.3 is 17.9 Å². The van der Waals surface area contributed by atoms with Gasteiger partial charge in [-0.3, -0.25) is 91.5 Å². The van der Waals surface area contributed by atoms with Crippen LogP contribution in [0, 0.1) is 23.7 Å². The Hall–Kier alpha value is -9.83. The van der Waals surface area contributed by atoms with Crippen LogP contribution in [0.3, 0.4) is 0 Å². The number of fused-ring (bicyclic) bond motifs is 1. The molecule has 2 aliphatic rings. The summed E-state index contributed by atoms with van der Waals surface area (Å²) >= 11 is 1.45. The van der Waals surface area contributed by atoms with Crippen LogP contribution >= 0.6 is 11.8 Å². The van der Waals surface area contributed by atoms with Gasteiger partial charge in [-0.2, -0.15) is 11.8 Å². The first kappa shape index (κ1) is 89.8. The molecule has 0 spiro atoms. The molecule has 3 heterocycles. The largest absolute Gasteiger partial charge is 0.480 e. The predicted octanol–water partition coefficient (Wildman–Crippen LogP) is -4.71. The van der Waals surface area contributed by atoms with Gasteiger partial charge in [0.1, 0.15) is 48.3 Å². The number of hydrogen-bond acceptors (Lipinski definition) is 22. The summed E-state index contributed by atoms with van der Waals surface area (Å²) in [4.78, 5) is 215. The van der Waals surface area contributed by atoms with Gasteiger partial charge < -0.3 is 95.0 Å². The molecule has 1 saturated heterocycles. The van der Waals surface area contributed by atoms with Crippen LogP contribution in [0.4, 0.5) is 0 Å². The minimum Gasteiger partial charge on any atom is -0.480 e. The minimum absolute atomic E-state index is 0.0644. The second kappa shape index (κ2) is 45.9. The van der Waals surface area contributed by atoms with E-state index in [0.29, 0.717) is 53.6 Å². The van der Waals surface area contributed by atoms with Crippen molar-refractivity contribution in [1.82, 2.24) is 87.7 Å². The molecule has 0 bridgehead atoms. The van der Waals surface area contributed by atoms with E-state index >= 15 is 0 Å². The molecule has 2 aromatic heterocycles. The monoisotopic (exact) mass is 1550 g/mol. The predicted molar refractivity (Wildman–Crippen MR) is 398 cm³/mol. The van der Waals surface area contributed by atoms with Crippen molar-refractivity contribution in [3.8, 4) is 0 Å². The molecular weight excluding hydrogens is 1440 g/mol. The van der Waals surface area contributed by atoms with Gasteiger partial charge in [-0.15, -0.1) is 0 Å². The highest BCUT2D eigenvalue weighted by Crippen LogP contribution is 2.29. The molecule has 604 valence electrons. The second-order valence-electron chi connectivity index (χ2n) is 28.3. The topological polar surface area (TPSA) is 567 Å². The molecule has 109 heavy (non-hydrogen) atoms. The first-order valence-electron chi connectivity index (χ1n) is 36.4. The quantitative estimate of drug-likeness (QED) is 0.0253. The summed E-state index contributed by atoms with van der Waals surface area (Å²) in [5.74, 6) is -13.6.